The van der Waals surface area contributed by atoms with Gasteiger partial charge in [-0.15, -0.1) is 0 Å². The van der Waals surface area contributed by atoms with Crippen LogP contribution < -0.4 is 115 Å². The molecule has 0 aromatic heterocycles. The summed E-state index contributed by atoms with van der Waals surface area (Å²) in [5, 5.41) is 29.9. The molecule has 0 aliphatic rings. The van der Waals surface area contributed by atoms with Gasteiger partial charge in [-0.2, -0.15) is 0 Å². The number of carboxylic acid groups (broad SMARTS) is 3. The summed E-state index contributed by atoms with van der Waals surface area (Å²) in [5.74, 6) is -3.25. The standard InChI is InChI=1S/C8H22N2O3Si.3C2H4O2.3Na/c1-11-14(12-2,13-3)8-4-6-10-7-5-9;3*1-2(3)4;;;/h10H,4-9H2,1-3H3;3*1H3,(H,3,4);;;/q;;;;3*+1/p-3. The minimum absolute atomic E-state index is 0. The average molecular weight is 468 g/mol. The summed E-state index contributed by atoms with van der Waals surface area (Å²) in [6, 6.07) is 0.827. The first kappa shape index (κ1) is 48.0. The van der Waals surface area contributed by atoms with Gasteiger partial charge in [0.15, 0.2) is 0 Å². The van der Waals surface area contributed by atoms with E-state index in [0.717, 1.165) is 46.3 Å². The van der Waals surface area contributed by atoms with Crippen LogP contribution in [-0.2, 0) is 27.7 Å². The molecular weight excluding hydrogens is 437 g/mol. The van der Waals surface area contributed by atoms with E-state index in [1.807, 2.05) is 0 Å². The summed E-state index contributed by atoms with van der Waals surface area (Å²) in [7, 11) is 2.55. The number of hydrogen-bond donors (Lipinski definition) is 2. The molecule has 0 saturated heterocycles. The molecule has 0 spiro atoms. The molecule has 0 bridgehead atoms. The van der Waals surface area contributed by atoms with Gasteiger partial charge in [-0.05, 0) is 33.7 Å². The van der Waals surface area contributed by atoms with E-state index in [1.54, 1.807) is 21.3 Å². The first-order valence-corrected chi connectivity index (χ1v) is 9.46. The molecule has 0 heterocycles. The fraction of sp³-hybridized carbons (Fsp3) is 0.786. The second-order valence-corrected chi connectivity index (χ2v) is 7.50. The van der Waals surface area contributed by atoms with Crippen LogP contribution in [0, 0.1) is 0 Å². The third-order valence-corrected chi connectivity index (χ3v) is 4.92. The van der Waals surface area contributed by atoms with Gasteiger partial charge in [0.1, 0.15) is 0 Å². The molecule has 158 valence electrons. The van der Waals surface area contributed by atoms with E-state index >= 15 is 0 Å². The van der Waals surface area contributed by atoms with Crippen LogP contribution in [0.25, 0.3) is 0 Å². The van der Waals surface area contributed by atoms with Crippen molar-refractivity contribution in [2.24, 2.45) is 5.73 Å². The molecule has 0 aliphatic carbocycles. The van der Waals surface area contributed by atoms with Crippen molar-refractivity contribution in [2.75, 3.05) is 41.0 Å². The summed E-state index contributed by atoms with van der Waals surface area (Å²) >= 11 is 0. The zero-order valence-corrected chi connectivity index (χ0v) is 26.3. The summed E-state index contributed by atoms with van der Waals surface area (Å²) in [6.45, 7) is 5.35. The van der Waals surface area contributed by atoms with Crippen molar-refractivity contribution in [3.8, 4) is 0 Å². The van der Waals surface area contributed by atoms with Crippen LogP contribution in [0.3, 0.4) is 0 Å². The van der Waals surface area contributed by atoms with Crippen molar-refractivity contribution < 1.29 is 132 Å². The monoisotopic (exact) mass is 468 g/mol. The van der Waals surface area contributed by atoms with Crippen LogP contribution in [0.4, 0.5) is 0 Å². The third kappa shape index (κ3) is 65.2. The zero-order chi connectivity index (χ0) is 21.6. The topological polar surface area (TPSA) is 186 Å². The molecule has 0 saturated carbocycles. The zero-order valence-electron chi connectivity index (χ0n) is 19.3. The number of nitrogens with one attached hydrogen (secondary N) is 1. The van der Waals surface area contributed by atoms with Crippen LogP contribution in [0.1, 0.15) is 27.2 Å². The maximum absolute atomic E-state index is 8.89. The number of carbonyl (C=O) groups excluding carboxylic acids is 3. The molecule has 0 aliphatic heterocycles. The minimum Gasteiger partial charge on any atom is -0.550 e. The Balaban J connectivity index is -0.0000000540. The van der Waals surface area contributed by atoms with Gasteiger partial charge in [-0.1, -0.05) is 0 Å². The van der Waals surface area contributed by atoms with Crippen molar-refractivity contribution >= 4 is 26.7 Å². The van der Waals surface area contributed by atoms with Gasteiger partial charge >= 0.3 is 97.5 Å². The second-order valence-electron chi connectivity index (χ2n) is 4.41. The van der Waals surface area contributed by atoms with Gasteiger partial charge in [0, 0.05) is 58.4 Å². The molecule has 0 fully saturated rings. The van der Waals surface area contributed by atoms with Crippen LogP contribution >= 0.6 is 0 Å². The minimum atomic E-state index is -2.35. The molecule has 11 nitrogen and oxygen atoms in total. The van der Waals surface area contributed by atoms with Gasteiger partial charge in [-0.3, -0.25) is 0 Å². The molecule has 0 unspecified atom stereocenters. The van der Waals surface area contributed by atoms with Crippen molar-refractivity contribution in [1.82, 2.24) is 5.32 Å². The number of hydrogen-bond acceptors (Lipinski definition) is 11. The number of carboxylic acids is 3. The first-order chi connectivity index (χ1) is 11.9. The van der Waals surface area contributed by atoms with Crippen molar-refractivity contribution in [2.45, 2.75) is 33.2 Å². The Labute approximate surface area is 241 Å². The Morgan fingerprint density at radius 3 is 1.28 bits per heavy atom. The second kappa shape index (κ2) is 36.8. The third-order valence-electron chi connectivity index (χ3n) is 2.09. The molecule has 29 heavy (non-hydrogen) atoms. The van der Waals surface area contributed by atoms with E-state index in [0.29, 0.717) is 6.54 Å². The molecule has 3 N–H and O–H groups in total. The van der Waals surface area contributed by atoms with Gasteiger partial charge in [-0.25, -0.2) is 0 Å². The van der Waals surface area contributed by atoms with E-state index in [4.69, 9.17) is 48.7 Å². The Bertz CT molecular complexity index is 318. The number of aliphatic carboxylic acids is 3. The van der Waals surface area contributed by atoms with Crippen molar-refractivity contribution in [3.05, 3.63) is 0 Å². The average Bonchev–Trinajstić information content (AvgIpc) is 2.50. The number of nitrogens with two attached hydrogens (primary N) is 1. The predicted molar refractivity (Wildman–Crippen MR) is 90.2 cm³/mol. The van der Waals surface area contributed by atoms with Crippen molar-refractivity contribution in [3.63, 3.8) is 0 Å². The largest absolute Gasteiger partial charge is 1.00 e. The van der Waals surface area contributed by atoms with E-state index in [-0.39, 0.29) is 88.7 Å². The molecular formula is C14H31N2Na3O9Si. The molecule has 0 rings (SSSR count). The Morgan fingerprint density at radius 1 is 0.793 bits per heavy atom. The molecule has 0 atom stereocenters. The number of rotatable bonds is 9. The van der Waals surface area contributed by atoms with Gasteiger partial charge < -0.3 is 54.0 Å². The van der Waals surface area contributed by atoms with E-state index in [1.165, 1.54) is 0 Å². The fourth-order valence-electron chi connectivity index (χ4n) is 1.21. The first-order valence-electron chi connectivity index (χ1n) is 7.53. The molecule has 15 heteroatoms. The quantitative estimate of drug-likeness (QED) is 0.242. The Hall–Kier alpha value is 1.43. The fourth-order valence-corrected chi connectivity index (χ4v) is 2.94. The van der Waals surface area contributed by atoms with Gasteiger partial charge in [0.25, 0.3) is 0 Å². The van der Waals surface area contributed by atoms with Gasteiger partial charge in [0.2, 0.25) is 0 Å². The molecule has 0 amide bonds. The summed E-state index contributed by atoms with van der Waals surface area (Å²) in [4.78, 5) is 26.7. The molecule has 0 aromatic rings. The van der Waals surface area contributed by atoms with E-state index in [2.05, 4.69) is 5.32 Å². The molecule has 0 aromatic carbocycles. The number of carbonyl (C=O) groups is 3. The maximum Gasteiger partial charge on any atom is 1.00 e. The van der Waals surface area contributed by atoms with Crippen LogP contribution in [-0.4, -0.2) is 67.7 Å². The van der Waals surface area contributed by atoms with E-state index < -0.39 is 26.7 Å². The van der Waals surface area contributed by atoms with Crippen LogP contribution in [0.2, 0.25) is 6.04 Å². The Morgan fingerprint density at radius 2 is 1.07 bits per heavy atom. The smallest absolute Gasteiger partial charge is 0.550 e. The summed E-state index contributed by atoms with van der Waals surface area (Å²) in [6.07, 6.45) is 0.974. The molecule has 0 radical (unpaired) electrons. The summed E-state index contributed by atoms with van der Waals surface area (Å²) in [5.41, 5.74) is 5.35. The SMILES string of the molecule is CC(=O)[O-].CC(=O)[O-].CC(=O)[O-].CO[Si](CCCNCCN)(OC)OC.[Na+].[Na+].[Na+]. The Kier molecular flexibility index (Phi) is 60.9. The summed E-state index contributed by atoms with van der Waals surface area (Å²) < 4.78 is 15.9. The van der Waals surface area contributed by atoms with Gasteiger partial charge in [0.05, 0.1) is 0 Å². The van der Waals surface area contributed by atoms with E-state index in [9.17, 15) is 0 Å². The van der Waals surface area contributed by atoms with Crippen molar-refractivity contribution in [1.29, 1.82) is 0 Å². The predicted octanol–water partition coefficient (Wildman–Crippen LogP) is -12.9. The van der Waals surface area contributed by atoms with Crippen LogP contribution in [0.5, 0.6) is 0 Å². The van der Waals surface area contributed by atoms with Crippen LogP contribution in [0.15, 0.2) is 0 Å². The maximum atomic E-state index is 8.89. The normalized spacial score (nSPS) is 8.38.